The Labute approximate surface area is 102 Å². The van der Waals surface area contributed by atoms with Gasteiger partial charge >= 0.3 is 5.97 Å². The van der Waals surface area contributed by atoms with Gasteiger partial charge in [0.15, 0.2) is 0 Å². The first-order chi connectivity index (χ1) is 8.26. The van der Waals surface area contributed by atoms with Crippen LogP contribution in [-0.4, -0.2) is 49.6 Å². The highest BCUT2D eigenvalue weighted by atomic mass is 16.5. The first kappa shape index (κ1) is 14.0. The number of ether oxygens (including phenoxy) is 1. The zero-order valence-electron chi connectivity index (χ0n) is 10.5. The number of rotatable bonds is 7. The Morgan fingerprint density at radius 3 is 2.76 bits per heavy atom. The molecule has 0 aromatic carbocycles. The predicted molar refractivity (Wildman–Crippen MR) is 64.5 cm³/mol. The van der Waals surface area contributed by atoms with Crippen LogP contribution in [0.15, 0.2) is 0 Å². The maximum atomic E-state index is 11.3. The van der Waals surface area contributed by atoms with Crippen molar-refractivity contribution in [3.63, 3.8) is 0 Å². The molecule has 1 aliphatic heterocycles. The van der Waals surface area contributed by atoms with E-state index >= 15 is 0 Å². The quantitative estimate of drug-likeness (QED) is 0.402. The SMILES string of the molecule is CCCC(=O)OC1CCN(CCNC=O)CC1. The van der Waals surface area contributed by atoms with Gasteiger partial charge in [-0.15, -0.1) is 0 Å². The van der Waals surface area contributed by atoms with Crippen LogP contribution in [0.2, 0.25) is 0 Å². The fourth-order valence-electron chi connectivity index (χ4n) is 1.98. The minimum Gasteiger partial charge on any atom is -0.462 e. The fourth-order valence-corrected chi connectivity index (χ4v) is 1.98. The Balaban J connectivity index is 2.12. The van der Waals surface area contributed by atoms with E-state index in [9.17, 15) is 9.59 Å². The van der Waals surface area contributed by atoms with Gasteiger partial charge in [0.1, 0.15) is 6.10 Å². The van der Waals surface area contributed by atoms with Crippen molar-refractivity contribution in [2.24, 2.45) is 0 Å². The van der Waals surface area contributed by atoms with Crippen LogP contribution in [0.3, 0.4) is 0 Å². The summed E-state index contributed by atoms with van der Waals surface area (Å²) in [6, 6.07) is 0. The lowest BCUT2D eigenvalue weighted by atomic mass is 10.1. The summed E-state index contributed by atoms with van der Waals surface area (Å²) in [6.45, 7) is 5.40. The molecule has 1 amide bonds. The Hall–Kier alpha value is -1.10. The molecule has 5 heteroatoms. The summed E-state index contributed by atoms with van der Waals surface area (Å²) >= 11 is 0. The molecule has 0 spiro atoms. The minimum absolute atomic E-state index is 0.0754. The second-order valence-electron chi connectivity index (χ2n) is 4.35. The molecular formula is C12H22N2O3. The summed E-state index contributed by atoms with van der Waals surface area (Å²) < 4.78 is 5.37. The number of piperidine rings is 1. The zero-order valence-corrected chi connectivity index (χ0v) is 10.5. The molecule has 1 N–H and O–H groups in total. The molecule has 98 valence electrons. The number of esters is 1. The van der Waals surface area contributed by atoms with Crippen LogP contribution in [0.5, 0.6) is 0 Å². The third-order valence-corrected chi connectivity index (χ3v) is 2.94. The van der Waals surface area contributed by atoms with E-state index in [4.69, 9.17) is 4.74 Å². The molecule has 1 rings (SSSR count). The lowest BCUT2D eigenvalue weighted by Crippen LogP contribution is -2.40. The van der Waals surface area contributed by atoms with Crippen molar-refractivity contribution in [3.8, 4) is 0 Å². The van der Waals surface area contributed by atoms with Crippen LogP contribution in [-0.2, 0) is 14.3 Å². The molecule has 0 bridgehead atoms. The largest absolute Gasteiger partial charge is 0.462 e. The van der Waals surface area contributed by atoms with Gasteiger partial charge in [0.05, 0.1) is 0 Å². The van der Waals surface area contributed by atoms with Crippen molar-refractivity contribution >= 4 is 12.4 Å². The molecule has 1 fully saturated rings. The van der Waals surface area contributed by atoms with Crippen molar-refractivity contribution in [3.05, 3.63) is 0 Å². The molecule has 0 aliphatic carbocycles. The second kappa shape index (κ2) is 8.06. The van der Waals surface area contributed by atoms with Crippen LogP contribution >= 0.6 is 0 Å². The number of likely N-dealkylation sites (tertiary alicyclic amines) is 1. The Morgan fingerprint density at radius 2 is 2.18 bits per heavy atom. The van der Waals surface area contributed by atoms with Gasteiger partial charge in [0.2, 0.25) is 6.41 Å². The van der Waals surface area contributed by atoms with Crippen LogP contribution in [0.4, 0.5) is 0 Å². The van der Waals surface area contributed by atoms with Gasteiger partial charge in [-0.3, -0.25) is 9.59 Å². The van der Waals surface area contributed by atoms with E-state index in [1.54, 1.807) is 0 Å². The summed E-state index contributed by atoms with van der Waals surface area (Å²) in [6.07, 6.45) is 3.97. The molecule has 0 aromatic rings. The number of carbonyl (C=O) groups is 2. The normalized spacial score (nSPS) is 17.7. The van der Waals surface area contributed by atoms with Crippen molar-refractivity contribution in [1.82, 2.24) is 10.2 Å². The molecule has 1 aliphatic rings. The number of hydrogen-bond donors (Lipinski definition) is 1. The molecule has 0 saturated carbocycles. The summed E-state index contributed by atoms with van der Waals surface area (Å²) in [4.78, 5) is 23.7. The number of nitrogens with zero attached hydrogens (tertiary/aromatic N) is 1. The van der Waals surface area contributed by atoms with E-state index in [1.165, 1.54) is 0 Å². The highest BCUT2D eigenvalue weighted by Gasteiger charge is 2.21. The highest BCUT2D eigenvalue weighted by molar-refractivity contribution is 5.69. The number of amides is 1. The molecule has 0 radical (unpaired) electrons. The number of nitrogens with one attached hydrogen (secondary N) is 1. The molecular weight excluding hydrogens is 220 g/mol. The molecule has 1 heterocycles. The van der Waals surface area contributed by atoms with Crippen molar-refractivity contribution in [2.75, 3.05) is 26.2 Å². The van der Waals surface area contributed by atoms with Crippen LogP contribution in [0.25, 0.3) is 0 Å². The van der Waals surface area contributed by atoms with Gasteiger partial charge in [0, 0.05) is 32.6 Å². The first-order valence-corrected chi connectivity index (χ1v) is 6.35. The van der Waals surface area contributed by atoms with Gasteiger partial charge < -0.3 is 15.0 Å². The van der Waals surface area contributed by atoms with E-state index in [0.29, 0.717) is 13.0 Å². The van der Waals surface area contributed by atoms with E-state index in [2.05, 4.69) is 10.2 Å². The Morgan fingerprint density at radius 1 is 1.47 bits per heavy atom. The average Bonchev–Trinajstić information content (AvgIpc) is 2.32. The third kappa shape index (κ3) is 5.68. The van der Waals surface area contributed by atoms with Gasteiger partial charge in [-0.25, -0.2) is 0 Å². The summed E-state index contributed by atoms with van der Waals surface area (Å²) in [7, 11) is 0. The first-order valence-electron chi connectivity index (χ1n) is 6.35. The van der Waals surface area contributed by atoms with Gasteiger partial charge in [0.25, 0.3) is 0 Å². The molecule has 0 unspecified atom stereocenters. The van der Waals surface area contributed by atoms with Crippen LogP contribution in [0.1, 0.15) is 32.6 Å². The lowest BCUT2D eigenvalue weighted by molar-refractivity contribution is -0.151. The number of hydrogen-bond acceptors (Lipinski definition) is 4. The summed E-state index contributed by atoms with van der Waals surface area (Å²) in [5.74, 6) is -0.0754. The van der Waals surface area contributed by atoms with Crippen molar-refractivity contribution in [2.45, 2.75) is 38.7 Å². The predicted octanol–water partition coefficient (Wildman–Crippen LogP) is 0.540. The fraction of sp³-hybridized carbons (Fsp3) is 0.833. The average molecular weight is 242 g/mol. The number of carbonyl (C=O) groups excluding carboxylic acids is 2. The molecule has 5 nitrogen and oxygen atoms in total. The van der Waals surface area contributed by atoms with Crippen LogP contribution in [0, 0.1) is 0 Å². The maximum absolute atomic E-state index is 11.3. The van der Waals surface area contributed by atoms with Crippen molar-refractivity contribution < 1.29 is 14.3 Å². The van der Waals surface area contributed by atoms with Gasteiger partial charge in [-0.05, 0) is 19.3 Å². The topological polar surface area (TPSA) is 58.6 Å². The molecule has 0 aromatic heterocycles. The van der Waals surface area contributed by atoms with E-state index in [-0.39, 0.29) is 12.1 Å². The summed E-state index contributed by atoms with van der Waals surface area (Å²) in [5, 5.41) is 2.65. The maximum Gasteiger partial charge on any atom is 0.306 e. The smallest absolute Gasteiger partial charge is 0.306 e. The van der Waals surface area contributed by atoms with Crippen molar-refractivity contribution in [1.29, 1.82) is 0 Å². The third-order valence-electron chi connectivity index (χ3n) is 2.94. The van der Waals surface area contributed by atoms with E-state index in [0.717, 1.165) is 45.3 Å². The highest BCUT2D eigenvalue weighted by Crippen LogP contribution is 2.14. The lowest BCUT2D eigenvalue weighted by Gasteiger charge is -2.31. The molecule has 17 heavy (non-hydrogen) atoms. The minimum atomic E-state index is -0.0754. The Kier molecular flexibility index (Phi) is 6.62. The monoisotopic (exact) mass is 242 g/mol. The summed E-state index contributed by atoms with van der Waals surface area (Å²) in [5.41, 5.74) is 0. The van der Waals surface area contributed by atoms with Gasteiger partial charge in [-0.2, -0.15) is 0 Å². The Bertz CT molecular complexity index is 238. The second-order valence-corrected chi connectivity index (χ2v) is 4.35. The molecule has 1 saturated heterocycles. The van der Waals surface area contributed by atoms with E-state index < -0.39 is 0 Å². The van der Waals surface area contributed by atoms with Gasteiger partial charge in [-0.1, -0.05) is 6.92 Å². The molecule has 0 atom stereocenters. The standard InChI is InChI=1S/C12H22N2O3/c1-2-3-12(16)17-11-4-7-14(8-5-11)9-6-13-10-15/h10-11H,2-9H2,1H3,(H,13,15). The van der Waals surface area contributed by atoms with Crippen LogP contribution < -0.4 is 5.32 Å². The zero-order chi connectivity index (χ0) is 12.5. The van der Waals surface area contributed by atoms with E-state index in [1.807, 2.05) is 6.92 Å².